The third-order valence-electron chi connectivity index (χ3n) is 3.11. The van der Waals surface area contributed by atoms with Gasteiger partial charge in [0.25, 0.3) is 5.56 Å². The summed E-state index contributed by atoms with van der Waals surface area (Å²) < 4.78 is 3.46. The highest BCUT2D eigenvalue weighted by molar-refractivity contribution is 7.13. The van der Waals surface area contributed by atoms with Gasteiger partial charge in [0.15, 0.2) is 0 Å². The smallest absolute Gasteiger partial charge is 0.274 e. The molecule has 0 unspecified atom stereocenters. The zero-order valence-corrected chi connectivity index (χ0v) is 11.4. The van der Waals surface area contributed by atoms with Crippen molar-refractivity contribution in [2.45, 2.75) is 20.0 Å². The van der Waals surface area contributed by atoms with Gasteiger partial charge in [-0.25, -0.2) is 0 Å². The van der Waals surface area contributed by atoms with Crippen LogP contribution in [0.3, 0.4) is 0 Å². The minimum atomic E-state index is -0.136. The monoisotopic (exact) mass is 274 g/mol. The number of thiophene rings is 1. The molecule has 0 saturated carbocycles. The average molecular weight is 274 g/mol. The average Bonchev–Trinajstić information content (AvgIpc) is 3.07. The fourth-order valence-corrected chi connectivity index (χ4v) is 2.91. The molecule has 98 valence electrons. The van der Waals surface area contributed by atoms with Crippen molar-refractivity contribution in [1.29, 1.82) is 0 Å². The zero-order chi connectivity index (χ0) is 13.4. The van der Waals surface area contributed by atoms with Gasteiger partial charge in [-0.15, -0.1) is 11.3 Å². The van der Waals surface area contributed by atoms with Gasteiger partial charge in [-0.2, -0.15) is 9.61 Å². The molecule has 3 aromatic rings. The molecule has 19 heavy (non-hydrogen) atoms. The van der Waals surface area contributed by atoms with Crippen LogP contribution in [-0.4, -0.2) is 14.2 Å². The molecule has 6 heteroatoms. The summed E-state index contributed by atoms with van der Waals surface area (Å²) in [5.41, 5.74) is 8.01. The fraction of sp³-hybridized carbons (Fsp3) is 0.231. The van der Waals surface area contributed by atoms with E-state index in [0.29, 0.717) is 6.54 Å². The van der Waals surface area contributed by atoms with E-state index in [0.717, 1.165) is 28.5 Å². The van der Waals surface area contributed by atoms with Gasteiger partial charge in [0, 0.05) is 30.9 Å². The second kappa shape index (κ2) is 4.64. The lowest BCUT2D eigenvalue weighted by Crippen LogP contribution is -2.22. The van der Waals surface area contributed by atoms with Gasteiger partial charge in [0.05, 0.1) is 4.88 Å². The molecule has 0 aliphatic carbocycles. The van der Waals surface area contributed by atoms with Crippen molar-refractivity contribution < 1.29 is 0 Å². The summed E-state index contributed by atoms with van der Waals surface area (Å²) in [4.78, 5) is 13.1. The molecule has 0 aliphatic heterocycles. The summed E-state index contributed by atoms with van der Waals surface area (Å²) in [6.45, 7) is 3.13. The number of rotatable bonds is 3. The van der Waals surface area contributed by atoms with Crippen molar-refractivity contribution in [3.05, 3.63) is 45.7 Å². The highest BCUT2D eigenvalue weighted by Crippen LogP contribution is 2.24. The first-order chi connectivity index (χ1) is 9.24. The Morgan fingerprint density at radius 2 is 2.26 bits per heavy atom. The maximum absolute atomic E-state index is 12.0. The van der Waals surface area contributed by atoms with Crippen LogP contribution in [0.25, 0.3) is 16.2 Å². The molecule has 3 heterocycles. The highest BCUT2D eigenvalue weighted by Gasteiger charge is 2.12. The standard InChI is InChI=1S/C13H14N4OS/c1-2-16-9(8-14)6-13(18)17-12(16)7-10(15-17)11-4-3-5-19-11/h3-7H,2,8,14H2,1H3. The molecule has 3 rings (SSSR count). The van der Waals surface area contributed by atoms with Crippen LogP contribution in [0, 0.1) is 0 Å². The topological polar surface area (TPSA) is 65.3 Å². The second-order valence-electron chi connectivity index (χ2n) is 4.20. The van der Waals surface area contributed by atoms with E-state index in [9.17, 15) is 4.79 Å². The Hall–Kier alpha value is -1.92. The highest BCUT2D eigenvalue weighted by atomic mass is 32.1. The molecule has 0 bridgehead atoms. The van der Waals surface area contributed by atoms with Crippen molar-refractivity contribution in [1.82, 2.24) is 14.2 Å². The molecule has 0 amide bonds. The van der Waals surface area contributed by atoms with Crippen LogP contribution < -0.4 is 11.3 Å². The molecule has 0 atom stereocenters. The first-order valence-electron chi connectivity index (χ1n) is 6.11. The summed E-state index contributed by atoms with van der Waals surface area (Å²) >= 11 is 1.61. The van der Waals surface area contributed by atoms with E-state index in [1.165, 1.54) is 4.52 Å². The van der Waals surface area contributed by atoms with Gasteiger partial charge in [0.1, 0.15) is 11.3 Å². The summed E-state index contributed by atoms with van der Waals surface area (Å²) in [6, 6.07) is 7.47. The Morgan fingerprint density at radius 1 is 1.42 bits per heavy atom. The Morgan fingerprint density at radius 3 is 2.89 bits per heavy atom. The molecule has 0 spiro atoms. The van der Waals surface area contributed by atoms with Crippen LogP contribution in [0.4, 0.5) is 0 Å². The summed E-state index contributed by atoms with van der Waals surface area (Å²) in [7, 11) is 0. The number of hydrogen-bond donors (Lipinski definition) is 1. The van der Waals surface area contributed by atoms with Crippen molar-refractivity contribution in [3.8, 4) is 10.6 Å². The lowest BCUT2D eigenvalue weighted by atomic mass is 10.3. The summed E-state index contributed by atoms with van der Waals surface area (Å²) in [5, 5.41) is 6.39. The minimum Gasteiger partial charge on any atom is -0.329 e. The van der Waals surface area contributed by atoms with E-state index in [4.69, 9.17) is 5.73 Å². The van der Waals surface area contributed by atoms with Crippen LogP contribution in [0.2, 0.25) is 0 Å². The molecule has 0 radical (unpaired) electrons. The second-order valence-corrected chi connectivity index (χ2v) is 5.15. The van der Waals surface area contributed by atoms with E-state index in [2.05, 4.69) is 5.10 Å². The molecule has 5 nitrogen and oxygen atoms in total. The largest absolute Gasteiger partial charge is 0.329 e. The zero-order valence-electron chi connectivity index (χ0n) is 10.5. The van der Waals surface area contributed by atoms with Gasteiger partial charge in [-0.05, 0) is 18.4 Å². The molecule has 2 N–H and O–H groups in total. The lowest BCUT2D eigenvalue weighted by Gasteiger charge is -2.10. The van der Waals surface area contributed by atoms with Crippen molar-refractivity contribution in [3.63, 3.8) is 0 Å². The number of aryl methyl sites for hydroxylation is 1. The van der Waals surface area contributed by atoms with Crippen LogP contribution in [0.1, 0.15) is 12.6 Å². The maximum Gasteiger partial charge on any atom is 0.274 e. The SMILES string of the molecule is CCn1c(CN)cc(=O)n2nc(-c3cccs3)cc12. The van der Waals surface area contributed by atoms with Crippen LogP contribution in [0.15, 0.2) is 34.4 Å². The van der Waals surface area contributed by atoms with Crippen molar-refractivity contribution >= 4 is 17.0 Å². The molecule has 0 aliphatic rings. The Labute approximate surface area is 113 Å². The minimum absolute atomic E-state index is 0.136. The van der Waals surface area contributed by atoms with E-state index >= 15 is 0 Å². The number of fused-ring (bicyclic) bond motifs is 1. The number of nitrogens with two attached hydrogens (primary N) is 1. The lowest BCUT2D eigenvalue weighted by molar-refractivity contribution is 0.690. The summed E-state index contributed by atoms with van der Waals surface area (Å²) in [5.74, 6) is 0. The van der Waals surface area contributed by atoms with Gasteiger partial charge in [-0.3, -0.25) is 4.79 Å². The quantitative estimate of drug-likeness (QED) is 0.790. The molecular formula is C13H14N4OS. The van der Waals surface area contributed by atoms with Crippen molar-refractivity contribution in [2.24, 2.45) is 5.73 Å². The first-order valence-corrected chi connectivity index (χ1v) is 6.99. The van der Waals surface area contributed by atoms with E-state index in [1.807, 2.05) is 35.1 Å². The third kappa shape index (κ3) is 1.89. The molecule has 0 aromatic carbocycles. The normalized spacial score (nSPS) is 11.3. The molecule has 0 fully saturated rings. The van der Waals surface area contributed by atoms with Crippen LogP contribution in [0.5, 0.6) is 0 Å². The molecular weight excluding hydrogens is 260 g/mol. The maximum atomic E-state index is 12.0. The Kier molecular flexibility index (Phi) is 2.96. The fourth-order valence-electron chi connectivity index (χ4n) is 2.23. The van der Waals surface area contributed by atoms with Crippen molar-refractivity contribution in [2.75, 3.05) is 0 Å². The van der Waals surface area contributed by atoms with Crippen LogP contribution >= 0.6 is 11.3 Å². The van der Waals surface area contributed by atoms with Gasteiger partial charge < -0.3 is 10.3 Å². The van der Waals surface area contributed by atoms with Gasteiger partial charge in [0.2, 0.25) is 0 Å². The van der Waals surface area contributed by atoms with Gasteiger partial charge in [-0.1, -0.05) is 6.07 Å². The molecule has 3 aromatic heterocycles. The third-order valence-corrected chi connectivity index (χ3v) is 4.00. The summed E-state index contributed by atoms with van der Waals surface area (Å²) in [6.07, 6.45) is 0. The van der Waals surface area contributed by atoms with E-state index in [1.54, 1.807) is 17.4 Å². The van der Waals surface area contributed by atoms with Crippen LogP contribution in [-0.2, 0) is 13.1 Å². The number of aromatic nitrogens is 3. The van der Waals surface area contributed by atoms with E-state index < -0.39 is 0 Å². The number of nitrogens with zero attached hydrogens (tertiary/aromatic N) is 3. The predicted molar refractivity (Wildman–Crippen MR) is 76.3 cm³/mol. The Balaban J connectivity index is 2.33. The van der Waals surface area contributed by atoms with Gasteiger partial charge >= 0.3 is 0 Å². The Bertz CT molecular complexity index is 770. The first kappa shape index (κ1) is 12.1. The van der Waals surface area contributed by atoms with E-state index in [-0.39, 0.29) is 5.56 Å². The predicted octanol–water partition coefficient (Wildman–Crippen LogP) is 1.70. The number of hydrogen-bond acceptors (Lipinski definition) is 4. The molecule has 0 saturated heterocycles.